The molecule has 1 atom stereocenters. The van der Waals surface area contributed by atoms with Crippen LogP contribution >= 0.6 is 11.8 Å². The Balaban J connectivity index is 1.70. The van der Waals surface area contributed by atoms with Crippen molar-refractivity contribution >= 4 is 29.3 Å². The molecule has 4 nitrogen and oxygen atoms in total. The fraction of sp³-hybridized carbons (Fsp3) is 0.263. The summed E-state index contributed by atoms with van der Waals surface area (Å²) < 4.78 is 38.2. The third kappa shape index (κ3) is 4.63. The first-order chi connectivity index (χ1) is 12.7. The van der Waals surface area contributed by atoms with Crippen LogP contribution in [0.25, 0.3) is 0 Å². The van der Waals surface area contributed by atoms with Crippen molar-refractivity contribution in [1.82, 2.24) is 4.90 Å². The topological polar surface area (TPSA) is 49.4 Å². The molecule has 0 aromatic heterocycles. The lowest BCUT2D eigenvalue weighted by Crippen LogP contribution is -2.36. The molecule has 0 aliphatic carbocycles. The van der Waals surface area contributed by atoms with Gasteiger partial charge in [0.15, 0.2) is 0 Å². The van der Waals surface area contributed by atoms with Crippen LogP contribution in [0.4, 0.5) is 18.9 Å². The fourth-order valence-corrected chi connectivity index (χ4v) is 3.92. The molecule has 2 aromatic rings. The van der Waals surface area contributed by atoms with Crippen molar-refractivity contribution < 1.29 is 22.8 Å². The van der Waals surface area contributed by atoms with Crippen molar-refractivity contribution in [3.8, 4) is 0 Å². The van der Waals surface area contributed by atoms with E-state index in [1.807, 2.05) is 19.1 Å². The maximum atomic E-state index is 12.7. The van der Waals surface area contributed by atoms with E-state index in [2.05, 4.69) is 5.32 Å². The zero-order chi connectivity index (χ0) is 19.6. The number of hydrogen-bond donors (Lipinski definition) is 1. The number of benzene rings is 2. The molecule has 1 N–H and O–H groups in total. The van der Waals surface area contributed by atoms with E-state index in [9.17, 15) is 22.8 Å². The van der Waals surface area contributed by atoms with Crippen LogP contribution in [0.5, 0.6) is 0 Å². The summed E-state index contributed by atoms with van der Waals surface area (Å²) in [6.45, 7) is 1.77. The highest BCUT2D eigenvalue weighted by molar-refractivity contribution is 8.00. The minimum atomic E-state index is -4.41. The first-order valence-corrected chi connectivity index (χ1v) is 9.23. The summed E-state index contributed by atoms with van der Waals surface area (Å²) in [5.74, 6) is -0.390. The first-order valence-electron chi connectivity index (χ1n) is 8.19. The number of nitrogens with zero attached hydrogens (tertiary/aromatic N) is 1. The number of carbonyl (C=O) groups excluding carboxylic acids is 2. The van der Waals surface area contributed by atoms with Gasteiger partial charge >= 0.3 is 6.18 Å². The monoisotopic (exact) mass is 394 g/mol. The second-order valence-corrected chi connectivity index (χ2v) is 7.29. The number of carbonyl (C=O) groups is 2. The Morgan fingerprint density at radius 3 is 2.37 bits per heavy atom. The van der Waals surface area contributed by atoms with Crippen molar-refractivity contribution in [1.29, 1.82) is 0 Å². The summed E-state index contributed by atoms with van der Waals surface area (Å²) in [5.41, 5.74) is 1.49. The minimum Gasteiger partial charge on any atom is -0.325 e. The highest BCUT2D eigenvalue weighted by Gasteiger charge is 2.35. The van der Waals surface area contributed by atoms with Crippen molar-refractivity contribution in [3.05, 3.63) is 65.2 Å². The van der Waals surface area contributed by atoms with Gasteiger partial charge in [-0.3, -0.25) is 9.59 Å². The molecule has 3 rings (SSSR count). The van der Waals surface area contributed by atoms with Gasteiger partial charge in [0.25, 0.3) is 0 Å². The Morgan fingerprint density at radius 2 is 1.78 bits per heavy atom. The molecule has 0 radical (unpaired) electrons. The van der Waals surface area contributed by atoms with E-state index in [1.165, 1.54) is 28.8 Å². The predicted molar refractivity (Wildman–Crippen MR) is 98.2 cm³/mol. The number of anilines is 1. The molecule has 1 aliphatic rings. The number of thioether (sulfide) groups is 1. The van der Waals surface area contributed by atoms with E-state index in [0.717, 1.165) is 17.7 Å². The van der Waals surface area contributed by atoms with Gasteiger partial charge in [-0.15, -0.1) is 11.8 Å². The second kappa shape index (κ2) is 7.64. The van der Waals surface area contributed by atoms with E-state index in [0.29, 0.717) is 11.3 Å². The average Bonchev–Trinajstić information content (AvgIpc) is 2.97. The molecule has 0 unspecified atom stereocenters. The summed E-state index contributed by atoms with van der Waals surface area (Å²) in [6, 6.07) is 11.9. The number of hydrogen-bond acceptors (Lipinski definition) is 3. The lowest BCUT2D eigenvalue weighted by molar-refractivity contribution is -0.137. The Hall–Kier alpha value is -2.48. The van der Waals surface area contributed by atoms with Crippen LogP contribution in [-0.4, -0.2) is 29.0 Å². The van der Waals surface area contributed by atoms with Crippen LogP contribution in [-0.2, 0) is 15.8 Å². The number of halogens is 3. The van der Waals surface area contributed by atoms with Crippen molar-refractivity contribution in [2.24, 2.45) is 0 Å². The Kier molecular flexibility index (Phi) is 5.46. The lowest BCUT2D eigenvalue weighted by Gasteiger charge is -2.24. The molecule has 1 fully saturated rings. The molecular formula is C19H17F3N2O2S. The molecule has 27 heavy (non-hydrogen) atoms. The summed E-state index contributed by atoms with van der Waals surface area (Å²) in [7, 11) is 0. The van der Waals surface area contributed by atoms with Gasteiger partial charge in [0, 0.05) is 5.69 Å². The second-order valence-electron chi connectivity index (χ2n) is 6.22. The van der Waals surface area contributed by atoms with Crippen LogP contribution in [0.3, 0.4) is 0 Å². The van der Waals surface area contributed by atoms with Gasteiger partial charge in [-0.05, 0) is 36.8 Å². The number of amides is 2. The molecule has 142 valence electrons. The predicted octanol–water partition coefficient (Wildman–Crippen LogP) is 4.23. The lowest BCUT2D eigenvalue weighted by atomic mass is 10.1. The standard InChI is InChI=1S/C19H17F3N2O2S/c1-12-2-8-15(9-3-12)23-16(25)10-24-17(26)11-27-18(24)13-4-6-14(7-5-13)19(20,21)22/h2-9,18H,10-11H2,1H3,(H,23,25)/t18-/m0/s1. The number of alkyl halides is 3. The number of nitrogens with one attached hydrogen (secondary N) is 1. The summed E-state index contributed by atoms with van der Waals surface area (Å²) in [6.07, 6.45) is -4.41. The maximum absolute atomic E-state index is 12.7. The fourth-order valence-electron chi connectivity index (χ4n) is 2.73. The Labute approximate surface area is 158 Å². The summed E-state index contributed by atoms with van der Waals surface area (Å²) in [4.78, 5) is 25.8. The third-order valence-electron chi connectivity index (χ3n) is 4.14. The number of rotatable bonds is 4. The zero-order valence-electron chi connectivity index (χ0n) is 14.4. The molecule has 2 aromatic carbocycles. The molecule has 0 saturated carbocycles. The molecule has 0 spiro atoms. The van der Waals surface area contributed by atoms with Gasteiger partial charge in [0.2, 0.25) is 11.8 Å². The minimum absolute atomic E-state index is 0.161. The van der Waals surface area contributed by atoms with Gasteiger partial charge < -0.3 is 10.2 Å². The smallest absolute Gasteiger partial charge is 0.325 e. The van der Waals surface area contributed by atoms with Crippen LogP contribution in [0.1, 0.15) is 22.1 Å². The summed E-state index contributed by atoms with van der Waals surface area (Å²) in [5, 5.41) is 2.24. The quantitative estimate of drug-likeness (QED) is 0.845. The molecule has 8 heteroatoms. The van der Waals surface area contributed by atoms with E-state index in [4.69, 9.17) is 0 Å². The van der Waals surface area contributed by atoms with Gasteiger partial charge in [0.1, 0.15) is 11.9 Å². The third-order valence-corrected chi connectivity index (χ3v) is 5.40. The SMILES string of the molecule is Cc1ccc(NC(=O)CN2C(=O)CS[C@H]2c2ccc(C(F)(F)F)cc2)cc1. The maximum Gasteiger partial charge on any atom is 0.416 e. The molecular weight excluding hydrogens is 377 g/mol. The Morgan fingerprint density at radius 1 is 1.15 bits per heavy atom. The van der Waals surface area contributed by atoms with E-state index in [-0.39, 0.29) is 24.1 Å². The van der Waals surface area contributed by atoms with E-state index >= 15 is 0 Å². The number of aryl methyl sites for hydroxylation is 1. The van der Waals surface area contributed by atoms with Crippen LogP contribution in [0.2, 0.25) is 0 Å². The highest BCUT2D eigenvalue weighted by atomic mass is 32.2. The van der Waals surface area contributed by atoms with Crippen molar-refractivity contribution in [3.63, 3.8) is 0 Å². The van der Waals surface area contributed by atoms with Crippen molar-refractivity contribution in [2.75, 3.05) is 17.6 Å². The average molecular weight is 394 g/mol. The highest BCUT2D eigenvalue weighted by Crippen LogP contribution is 2.39. The summed E-state index contributed by atoms with van der Waals surface area (Å²) >= 11 is 1.29. The van der Waals surface area contributed by atoms with E-state index < -0.39 is 17.1 Å². The van der Waals surface area contributed by atoms with Crippen LogP contribution in [0, 0.1) is 6.92 Å². The molecule has 1 heterocycles. The normalized spacial score (nSPS) is 17.3. The van der Waals surface area contributed by atoms with Gasteiger partial charge in [0.05, 0.1) is 11.3 Å². The van der Waals surface area contributed by atoms with Gasteiger partial charge in [-0.2, -0.15) is 13.2 Å². The van der Waals surface area contributed by atoms with Crippen LogP contribution < -0.4 is 5.32 Å². The van der Waals surface area contributed by atoms with Gasteiger partial charge in [-0.25, -0.2) is 0 Å². The van der Waals surface area contributed by atoms with Crippen LogP contribution in [0.15, 0.2) is 48.5 Å². The van der Waals surface area contributed by atoms with Gasteiger partial charge in [-0.1, -0.05) is 29.8 Å². The van der Waals surface area contributed by atoms with Crippen molar-refractivity contribution in [2.45, 2.75) is 18.5 Å². The molecule has 1 aliphatic heterocycles. The van der Waals surface area contributed by atoms with E-state index in [1.54, 1.807) is 12.1 Å². The first kappa shape index (κ1) is 19.3. The molecule has 1 saturated heterocycles. The Bertz CT molecular complexity index is 836. The molecule has 0 bridgehead atoms. The largest absolute Gasteiger partial charge is 0.416 e. The zero-order valence-corrected chi connectivity index (χ0v) is 15.2. The molecule has 2 amide bonds.